The van der Waals surface area contributed by atoms with Crippen molar-refractivity contribution in [2.75, 3.05) is 4.90 Å². The van der Waals surface area contributed by atoms with Gasteiger partial charge < -0.3 is 5.11 Å². The molecule has 0 unspecified atom stereocenters. The normalized spacial score (nSPS) is 11.0. The SMILES string of the molecule is C=C(C)c1cccc(N(C(=O)O)C(C)(C)c2cccc(C(=C)C)c2)c1. The first kappa shape index (κ1) is 18.5. The number of carbonyl (C=O) groups is 1. The van der Waals surface area contributed by atoms with Crippen LogP contribution >= 0.6 is 0 Å². The van der Waals surface area contributed by atoms with Crippen LogP contribution in [0, 0.1) is 0 Å². The monoisotopic (exact) mass is 335 g/mol. The second kappa shape index (κ2) is 6.98. The van der Waals surface area contributed by atoms with E-state index in [-0.39, 0.29) is 0 Å². The van der Waals surface area contributed by atoms with Crippen LogP contribution in [-0.4, -0.2) is 11.2 Å². The van der Waals surface area contributed by atoms with Gasteiger partial charge in [0, 0.05) is 5.69 Å². The van der Waals surface area contributed by atoms with E-state index in [0.717, 1.165) is 27.8 Å². The number of carboxylic acid groups (broad SMARTS) is 1. The van der Waals surface area contributed by atoms with E-state index in [4.69, 9.17) is 0 Å². The van der Waals surface area contributed by atoms with E-state index in [2.05, 4.69) is 13.2 Å². The molecule has 2 aromatic rings. The van der Waals surface area contributed by atoms with Crippen molar-refractivity contribution in [3.05, 3.63) is 78.4 Å². The Bertz CT molecular complexity index is 833. The third kappa shape index (κ3) is 3.82. The van der Waals surface area contributed by atoms with Gasteiger partial charge >= 0.3 is 6.09 Å². The maximum Gasteiger partial charge on any atom is 0.412 e. The zero-order valence-electron chi connectivity index (χ0n) is 15.3. The predicted octanol–water partition coefficient (Wildman–Crippen LogP) is 6.17. The van der Waals surface area contributed by atoms with Gasteiger partial charge in [-0.3, -0.25) is 4.90 Å². The Labute approximate surface area is 149 Å². The summed E-state index contributed by atoms with van der Waals surface area (Å²) >= 11 is 0. The van der Waals surface area contributed by atoms with Crippen molar-refractivity contribution in [1.29, 1.82) is 0 Å². The Morgan fingerprint density at radius 2 is 1.48 bits per heavy atom. The Hall–Kier alpha value is -2.81. The van der Waals surface area contributed by atoms with Crippen LogP contribution in [0.1, 0.15) is 44.4 Å². The van der Waals surface area contributed by atoms with E-state index >= 15 is 0 Å². The molecule has 25 heavy (non-hydrogen) atoms. The molecule has 0 aromatic heterocycles. The molecule has 0 aliphatic rings. The van der Waals surface area contributed by atoms with Crippen LogP contribution in [0.2, 0.25) is 0 Å². The van der Waals surface area contributed by atoms with Gasteiger partial charge in [0.25, 0.3) is 0 Å². The minimum Gasteiger partial charge on any atom is -0.465 e. The summed E-state index contributed by atoms with van der Waals surface area (Å²) in [6, 6.07) is 15.3. The molecule has 0 saturated heterocycles. The van der Waals surface area contributed by atoms with Crippen LogP contribution in [0.25, 0.3) is 11.1 Å². The lowest BCUT2D eigenvalue weighted by Gasteiger charge is -2.37. The highest BCUT2D eigenvalue weighted by atomic mass is 16.4. The van der Waals surface area contributed by atoms with Crippen molar-refractivity contribution in [2.45, 2.75) is 33.2 Å². The summed E-state index contributed by atoms with van der Waals surface area (Å²) in [6.07, 6.45) is -0.996. The highest BCUT2D eigenvalue weighted by Crippen LogP contribution is 2.35. The Morgan fingerprint density at radius 1 is 0.960 bits per heavy atom. The van der Waals surface area contributed by atoms with Gasteiger partial charge in [-0.05, 0) is 62.6 Å². The largest absolute Gasteiger partial charge is 0.465 e. The lowest BCUT2D eigenvalue weighted by Crippen LogP contribution is -2.45. The Morgan fingerprint density at radius 3 is 2.00 bits per heavy atom. The molecular weight excluding hydrogens is 310 g/mol. The van der Waals surface area contributed by atoms with Gasteiger partial charge in [-0.1, -0.05) is 54.6 Å². The summed E-state index contributed by atoms with van der Waals surface area (Å²) in [4.78, 5) is 13.5. The number of benzene rings is 2. The van der Waals surface area contributed by atoms with E-state index in [0.29, 0.717) is 5.69 Å². The first-order valence-electron chi connectivity index (χ1n) is 8.20. The van der Waals surface area contributed by atoms with Crippen LogP contribution < -0.4 is 4.90 Å². The average molecular weight is 335 g/mol. The summed E-state index contributed by atoms with van der Waals surface area (Å²) in [5.74, 6) is 0. The van der Waals surface area contributed by atoms with Crippen LogP contribution in [-0.2, 0) is 5.54 Å². The number of allylic oxidation sites excluding steroid dienone is 2. The van der Waals surface area contributed by atoms with E-state index in [1.54, 1.807) is 0 Å². The zero-order chi connectivity index (χ0) is 18.8. The van der Waals surface area contributed by atoms with Gasteiger partial charge in [0.15, 0.2) is 0 Å². The number of hydrogen-bond donors (Lipinski definition) is 1. The van der Waals surface area contributed by atoms with Crippen molar-refractivity contribution < 1.29 is 9.90 Å². The molecule has 3 heteroatoms. The summed E-state index contributed by atoms with van der Waals surface area (Å²) in [5, 5.41) is 9.92. The first-order chi connectivity index (χ1) is 11.6. The van der Waals surface area contributed by atoms with Crippen molar-refractivity contribution in [1.82, 2.24) is 0 Å². The summed E-state index contributed by atoms with van der Waals surface area (Å²) < 4.78 is 0. The molecule has 0 radical (unpaired) electrons. The highest BCUT2D eigenvalue weighted by Gasteiger charge is 2.34. The van der Waals surface area contributed by atoms with Crippen molar-refractivity contribution in [2.24, 2.45) is 0 Å². The maximum absolute atomic E-state index is 12.1. The van der Waals surface area contributed by atoms with Gasteiger partial charge in [-0.15, -0.1) is 0 Å². The molecule has 0 fully saturated rings. The van der Waals surface area contributed by atoms with E-state index in [1.807, 2.05) is 76.2 Å². The number of rotatable bonds is 5. The Kier molecular flexibility index (Phi) is 5.17. The number of hydrogen-bond acceptors (Lipinski definition) is 1. The van der Waals surface area contributed by atoms with Gasteiger partial charge in [-0.25, -0.2) is 4.79 Å². The molecule has 1 amide bonds. The average Bonchev–Trinajstić information content (AvgIpc) is 2.54. The highest BCUT2D eigenvalue weighted by molar-refractivity contribution is 5.89. The molecule has 3 nitrogen and oxygen atoms in total. The quantitative estimate of drug-likeness (QED) is 0.709. The summed E-state index contributed by atoms with van der Waals surface area (Å²) in [5.41, 5.74) is 4.57. The minimum absolute atomic E-state index is 0.624. The smallest absolute Gasteiger partial charge is 0.412 e. The minimum atomic E-state index is -0.996. The third-order valence-corrected chi connectivity index (χ3v) is 4.41. The Balaban J connectivity index is 2.57. The van der Waals surface area contributed by atoms with E-state index in [1.165, 1.54) is 4.90 Å². The van der Waals surface area contributed by atoms with Crippen LogP contribution in [0.15, 0.2) is 61.7 Å². The second-order valence-corrected chi connectivity index (χ2v) is 6.87. The molecule has 0 aliphatic carbocycles. The molecule has 1 N–H and O–H groups in total. The molecule has 130 valence electrons. The van der Waals surface area contributed by atoms with Crippen molar-refractivity contribution in [3.8, 4) is 0 Å². The van der Waals surface area contributed by atoms with Crippen LogP contribution in [0.3, 0.4) is 0 Å². The molecule has 0 bridgehead atoms. The van der Waals surface area contributed by atoms with Gasteiger partial charge in [0.05, 0.1) is 5.54 Å². The van der Waals surface area contributed by atoms with Crippen molar-refractivity contribution in [3.63, 3.8) is 0 Å². The van der Waals surface area contributed by atoms with E-state index < -0.39 is 11.6 Å². The van der Waals surface area contributed by atoms with E-state index in [9.17, 15) is 9.90 Å². The molecule has 0 spiro atoms. The summed E-state index contributed by atoms with van der Waals surface area (Å²) in [6.45, 7) is 15.6. The maximum atomic E-state index is 12.1. The standard InChI is InChI=1S/C22H25NO2/c1-15(2)17-9-7-11-19(13-17)22(5,6)23(21(24)25)20-12-8-10-18(14-20)16(3)4/h7-14H,1,3H2,2,4-6H3,(H,24,25). The predicted molar refractivity (Wildman–Crippen MR) is 106 cm³/mol. The first-order valence-corrected chi connectivity index (χ1v) is 8.20. The lowest BCUT2D eigenvalue weighted by molar-refractivity contribution is 0.194. The lowest BCUT2D eigenvalue weighted by atomic mass is 9.89. The number of anilines is 1. The van der Waals surface area contributed by atoms with Crippen LogP contribution in [0.5, 0.6) is 0 Å². The molecule has 0 aliphatic heterocycles. The third-order valence-electron chi connectivity index (χ3n) is 4.41. The molecule has 2 rings (SSSR count). The molecule has 2 aromatic carbocycles. The fraction of sp³-hybridized carbons (Fsp3) is 0.227. The van der Waals surface area contributed by atoms with Gasteiger partial charge in [0.2, 0.25) is 0 Å². The number of amides is 1. The fourth-order valence-corrected chi connectivity index (χ4v) is 2.88. The molecule has 0 saturated carbocycles. The molecule has 0 atom stereocenters. The van der Waals surface area contributed by atoms with Gasteiger partial charge in [0.1, 0.15) is 0 Å². The molecular formula is C22H25NO2. The van der Waals surface area contributed by atoms with Crippen LogP contribution in [0.4, 0.5) is 10.5 Å². The zero-order valence-corrected chi connectivity index (χ0v) is 15.3. The molecule has 0 heterocycles. The second-order valence-electron chi connectivity index (χ2n) is 6.87. The fourth-order valence-electron chi connectivity index (χ4n) is 2.88. The van der Waals surface area contributed by atoms with Crippen molar-refractivity contribution >= 4 is 22.9 Å². The van der Waals surface area contributed by atoms with Gasteiger partial charge in [-0.2, -0.15) is 0 Å². The summed E-state index contributed by atoms with van der Waals surface area (Å²) in [7, 11) is 0. The number of nitrogens with zero attached hydrogens (tertiary/aromatic N) is 1. The topological polar surface area (TPSA) is 40.5 Å².